The second-order valence-electron chi connectivity index (χ2n) is 6.78. The predicted octanol–water partition coefficient (Wildman–Crippen LogP) is 4.50. The zero-order valence-electron chi connectivity index (χ0n) is 16.7. The summed E-state index contributed by atoms with van der Waals surface area (Å²) in [6, 6.07) is 22.2. The molecule has 0 saturated carbocycles. The normalized spacial score (nSPS) is 14.6. The van der Waals surface area contributed by atoms with Gasteiger partial charge in [-0.1, -0.05) is 64.5 Å². The van der Waals surface area contributed by atoms with Crippen LogP contribution in [0.2, 0.25) is 0 Å². The van der Waals surface area contributed by atoms with Crippen LogP contribution in [0, 0.1) is 0 Å². The number of carbonyl (C=O) groups is 2. The maximum Gasteiger partial charge on any atom is 0.282 e. The zero-order valence-corrected chi connectivity index (χ0v) is 18.3. The van der Waals surface area contributed by atoms with Crippen LogP contribution in [0.15, 0.2) is 82.8 Å². The molecule has 1 aliphatic heterocycles. The van der Waals surface area contributed by atoms with E-state index in [-0.39, 0.29) is 5.57 Å². The highest BCUT2D eigenvalue weighted by molar-refractivity contribution is 9.10. The molecule has 156 valence electrons. The summed E-state index contributed by atoms with van der Waals surface area (Å²) in [4.78, 5) is 25.5. The van der Waals surface area contributed by atoms with Crippen LogP contribution >= 0.6 is 15.9 Å². The van der Waals surface area contributed by atoms with Gasteiger partial charge in [-0.15, -0.1) is 0 Å². The van der Waals surface area contributed by atoms with Crippen LogP contribution in [0.3, 0.4) is 0 Å². The molecule has 3 aromatic rings. The molecule has 0 radical (unpaired) electrons. The second kappa shape index (κ2) is 9.06. The van der Waals surface area contributed by atoms with Gasteiger partial charge in [0.1, 0.15) is 12.2 Å². The summed E-state index contributed by atoms with van der Waals surface area (Å²) in [6.07, 6.45) is 1.52. The van der Waals surface area contributed by atoms with Gasteiger partial charge >= 0.3 is 0 Å². The van der Waals surface area contributed by atoms with Crippen LogP contribution in [-0.4, -0.2) is 18.9 Å². The molecule has 1 heterocycles. The van der Waals surface area contributed by atoms with Crippen molar-refractivity contribution in [1.82, 2.24) is 5.43 Å². The van der Waals surface area contributed by atoms with E-state index in [1.165, 1.54) is 11.1 Å². The average molecular weight is 479 g/mol. The smallest absolute Gasteiger partial charge is 0.282 e. The molecule has 1 N–H and O–H groups in total. The molecule has 0 spiro atoms. The Balaban J connectivity index is 1.70. The van der Waals surface area contributed by atoms with E-state index < -0.39 is 11.8 Å². The second-order valence-corrected chi connectivity index (χ2v) is 7.69. The lowest BCUT2D eigenvalue weighted by Crippen LogP contribution is -2.35. The molecule has 4 rings (SSSR count). The van der Waals surface area contributed by atoms with Crippen molar-refractivity contribution in [3.05, 3.63) is 94.0 Å². The summed E-state index contributed by atoms with van der Waals surface area (Å²) in [5.41, 5.74) is 4.73. The van der Waals surface area contributed by atoms with Gasteiger partial charge in [0.15, 0.2) is 11.5 Å². The molecule has 0 aliphatic carbocycles. The zero-order chi connectivity index (χ0) is 21.8. The van der Waals surface area contributed by atoms with E-state index in [4.69, 9.17) is 9.47 Å². The maximum absolute atomic E-state index is 12.9. The number of hydrazine groups is 1. The lowest BCUT2D eigenvalue weighted by molar-refractivity contribution is -0.117. The van der Waals surface area contributed by atoms with Gasteiger partial charge in [0.2, 0.25) is 0 Å². The van der Waals surface area contributed by atoms with E-state index in [0.717, 1.165) is 10.0 Å². The minimum absolute atomic E-state index is 0.00793. The van der Waals surface area contributed by atoms with E-state index in [1.807, 2.05) is 36.4 Å². The third kappa shape index (κ3) is 4.46. The molecule has 0 aromatic heterocycles. The highest BCUT2D eigenvalue weighted by Gasteiger charge is 2.34. The standard InChI is InChI=1S/C24H19BrN2O4/c1-30-21-14-18(25)12-17(22(21)31-15-16-8-4-2-5-9-16)13-20-23(28)26-27(24(20)29)19-10-6-3-7-11-19/h2-14H,15H2,1H3,(H,26,28). The number of benzene rings is 3. The van der Waals surface area contributed by atoms with Gasteiger partial charge in [-0.25, -0.2) is 5.01 Å². The van der Waals surface area contributed by atoms with Gasteiger partial charge in [0.05, 0.1) is 12.8 Å². The van der Waals surface area contributed by atoms with Crippen molar-refractivity contribution in [2.24, 2.45) is 0 Å². The first-order valence-corrected chi connectivity index (χ1v) is 10.3. The average Bonchev–Trinajstić information content (AvgIpc) is 3.07. The van der Waals surface area contributed by atoms with Gasteiger partial charge in [-0.3, -0.25) is 15.0 Å². The number of para-hydroxylation sites is 1. The van der Waals surface area contributed by atoms with Crippen LogP contribution in [0.5, 0.6) is 11.5 Å². The highest BCUT2D eigenvalue weighted by atomic mass is 79.9. The van der Waals surface area contributed by atoms with Crippen molar-refractivity contribution in [2.75, 3.05) is 12.1 Å². The summed E-state index contributed by atoms with van der Waals surface area (Å²) in [6.45, 7) is 0.311. The Kier molecular flexibility index (Phi) is 6.04. The van der Waals surface area contributed by atoms with E-state index in [9.17, 15) is 9.59 Å². The van der Waals surface area contributed by atoms with Crippen LogP contribution in [-0.2, 0) is 16.2 Å². The number of nitrogens with zero attached hydrogens (tertiary/aromatic N) is 1. The number of methoxy groups -OCH3 is 1. The van der Waals surface area contributed by atoms with E-state index in [2.05, 4.69) is 21.4 Å². The topological polar surface area (TPSA) is 67.9 Å². The fourth-order valence-corrected chi connectivity index (χ4v) is 3.66. The van der Waals surface area contributed by atoms with Crippen LogP contribution in [0.1, 0.15) is 11.1 Å². The monoisotopic (exact) mass is 478 g/mol. The molecule has 0 atom stereocenters. The molecule has 7 heteroatoms. The predicted molar refractivity (Wildman–Crippen MR) is 122 cm³/mol. The number of amides is 2. The Hall–Kier alpha value is -3.58. The highest BCUT2D eigenvalue weighted by Crippen LogP contribution is 2.37. The van der Waals surface area contributed by atoms with Crippen molar-refractivity contribution in [3.63, 3.8) is 0 Å². The minimum atomic E-state index is -0.484. The Morgan fingerprint density at radius 1 is 1.00 bits per heavy atom. The molecule has 31 heavy (non-hydrogen) atoms. The third-order valence-electron chi connectivity index (χ3n) is 4.70. The third-order valence-corrected chi connectivity index (χ3v) is 5.16. The largest absolute Gasteiger partial charge is 0.493 e. The molecule has 3 aromatic carbocycles. The summed E-state index contributed by atoms with van der Waals surface area (Å²) >= 11 is 3.45. The fourth-order valence-electron chi connectivity index (χ4n) is 3.20. The number of carbonyl (C=O) groups excluding carboxylic acids is 2. The molecule has 0 bridgehead atoms. The van der Waals surface area contributed by atoms with Gasteiger partial charge in [0, 0.05) is 10.0 Å². The number of rotatable bonds is 6. The van der Waals surface area contributed by atoms with Crippen molar-refractivity contribution in [2.45, 2.75) is 6.61 Å². The van der Waals surface area contributed by atoms with Crippen molar-refractivity contribution < 1.29 is 19.1 Å². The Morgan fingerprint density at radius 2 is 1.68 bits per heavy atom. The van der Waals surface area contributed by atoms with Crippen LogP contribution in [0.4, 0.5) is 5.69 Å². The van der Waals surface area contributed by atoms with Crippen molar-refractivity contribution in [3.8, 4) is 11.5 Å². The quantitative estimate of drug-likeness (QED) is 0.418. The Morgan fingerprint density at radius 3 is 2.35 bits per heavy atom. The molecular formula is C24H19BrN2O4. The molecular weight excluding hydrogens is 460 g/mol. The van der Waals surface area contributed by atoms with Gasteiger partial charge in [-0.2, -0.15) is 0 Å². The van der Waals surface area contributed by atoms with Crippen molar-refractivity contribution in [1.29, 1.82) is 0 Å². The number of hydrogen-bond acceptors (Lipinski definition) is 4. The summed E-state index contributed by atoms with van der Waals surface area (Å²) in [7, 11) is 1.54. The van der Waals surface area contributed by atoms with Gasteiger partial charge < -0.3 is 9.47 Å². The molecule has 1 saturated heterocycles. The molecule has 2 amide bonds. The maximum atomic E-state index is 12.9. The number of halogens is 1. The fraction of sp³-hybridized carbons (Fsp3) is 0.0833. The minimum Gasteiger partial charge on any atom is -0.493 e. The first-order valence-electron chi connectivity index (χ1n) is 9.53. The molecule has 0 unspecified atom stereocenters. The van der Waals surface area contributed by atoms with Gasteiger partial charge in [0.25, 0.3) is 11.8 Å². The van der Waals surface area contributed by atoms with Gasteiger partial charge in [-0.05, 0) is 35.9 Å². The first-order chi connectivity index (χ1) is 15.1. The molecule has 1 aliphatic rings. The summed E-state index contributed by atoms with van der Waals surface area (Å²) in [5.74, 6) is 0.00898. The van der Waals surface area contributed by atoms with E-state index in [1.54, 1.807) is 43.5 Å². The lowest BCUT2D eigenvalue weighted by atomic mass is 10.1. The number of nitrogens with one attached hydrogen (secondary N) is 1. The number of anilines is 1. The van der Waals surface area contributed by atoms with Crippen molar-refractivity contribution >= 4 is 39.5 Å². The number of ether oxygens (including phenoxy) is 2. The Bertz CT molecular complexity index is 1150. The molecule has 1 fully saturated rings. The summed E-state index contributed by atoms with van der Waals surface area (Å²) in [5, 5.41) is 1.23. The van der Waals surface area contributed by atoms with Crippen LogP contribution < -0.4 is 19.9 Å². The SMILES string of the molecule is COc1cc(Br)cc(C=C2C(=O)NN(c3ccccc3)C2=O)c1OCc1ccccc1. The lowest BCUT2D eigenvalue weighted by Gasteiger charge is -2.15. The summed E-state index contributed by atoms with van der Waals surface area (Å²) < 4.78 is 12.3. The van der Waals surface area contributed by atoms with E-state index >= 15 is 0 Å². The first kappa shape index (κ1) is 20.7. The Labute approximate surface area is 188 Å². The van der Waals surface area contributed by atoms with E-state index in [0.29, 0.717) is 29.4 Å². The van der Waals surface area contributed by atoms with Crippen LogP contribution in [0.25, 0.3) is 6.08 Å². The molecule has 6 nitrogen and oxygen atoms in total. The number of hydrogen-bond donors (Lipinski definition) is 1.